The molecule has 3 aromatic rings. The third-order valence-electron chi connectivity index (χ3n) is 5.40. The van der Waals surface area contributed by atoms with Crippen molar-refractivity contribution in [1.29, 1.82) is 0 Å². The molecule has 5 nitrogen and oxygen atoms in total. The van der Waals surface area contributed by atoms with Crippen molar-refractivity contribution in [2.75, 3.05) is 0 Å². The smallest absolute Gasteiger partial charge is 0.252 e. The van der Waals surface area contributed by atoms with E-state index in [0.29, 0.717) is 5.56 Å². The number of carbonyl (C=O) groups is 1. The summed E-state index contributed by atoms with van der Waals surface area (Å²) in [4.78, 5) is 17.9. The van der Waals surface area contributed by atoms with Crippen LogP contribution < -0.4 is 5.32 Å². The highest BCUT2D eigenvalue weighted by molar-refractivity contribution is 6.07. The van der Waals surface area contributed by atoms with E-state index in [9.17, 15) is 4.79 Å². The third kappa shape index (κ3) is 3.87. The maximum Gasteiger partial charge on any atom is 0.252 e. The van der Waals surface area contributed by atoms with Gasteiger partial charge in [-0.25, -0.2) is 4.98 Å². The van der Waals surface area contributed by atoms with Gasteiger partial charge in [0.1, 0.15) is 0 Å². The van der Waals surface area contributed by atoms with E-state index in [0.717, 1.165) is 41.5 Å². The molecule has 1 aromatic carbocycles. The number of hydrogen-bond donors (Lipinski definition) is 1. The summed E-state index contributed by atoms with van der Waals surface area (Å²) in [6.45, 7) is 2.86. The molecule has 4 rings (SSSR count). The van der Waals surface area contributed by atoms with Crippen LogP contribution in [0.15, 0.2) is 42.7 Å². The summed E-state index contributed by atoms with van der Waals surface area (Å²) in [5.41, 5.74) is 3.26. The van der Waals surface area contributed by atoms with Crippen molar-refractivity contribution >= 4 is 16.8 Å². The highest BCUT2D eigenvalue weighted by Gasteiger charge is 2.19. The molecule has 0 unspecified atom stereocenters. The average molecular weight is 362 g/mol. The molecule has 1 aliphatic carbocycles. The number of fused-ring (bicyclic) bond motifs is 1. The summed E-state index contributed by atoms with van der Waals surface area (Å²) < 4.78 is 1.87. The summed E-state index contributed by atoms with van der Waals surface area (Å²) in [6, 6.07) is 10.0. The molecule has 1 saturated carbocycles. The van der Waals surface area contributed by atoms with Gasteiger partial charge in [-0.1, -0.05) is 43.9 Å². The van der Waals surface area contributed by atoms with Crippen molar-refractivity contribution in [3.8, 4) is 11.3 Å². The van der Waals surface area contributed by atoms with Gasteiger partial charge in [-0.3, -0.25) is 9.48 Å². The highest BCUT2D eigenvalue weighted by atomic mass is 16.1. The van der Waals surface area contributed by atoms with Crippen molar-refractivity contribution < 1.29 is 4.79 Å². The Morgan fingerprint density at radius 1 is 1.19 bits per heavy atom. The summed E-state index contributed by atoms with van der Waals surface area (Å²) in [7, 11) is 0. The van der Waals surface area contributed by atoms with Gasteiger partial charge in [0.2, 0.25) is 0 Å². The summed E-state index contributed by atoms with van der Waals surface area (Å²) in [5, 5.41) is 8.52. The van der Waals surface area contributed by atoms with Crippen LogP contribution in [0.3, 0.4) is 0 Å². The third-order valence-corrected chi connectivity index (χ3v) is 5.40. The standard InChI is InChI=1S/C22H26N4O/c1-2-26-15-16(14-23-26)21-13-19(18-11-7-8-12-20(18)25-21)22(27)24-17-9-5-3-4-6-10-17/h7-8,11-15,17H,2-6,9-10H2,1H3,(H,24,27). The Morgan fingerprint density at radius 3 is 2.70 bits per heavy atom. The molecule has 0 saturated heterocycles. The topological polar surface area (TPSA) is 59.8 Å². The minimum atomic E-state index is 0.00429. The maximum absolute atomic E-state index is 13.1. The van der Waals surface area contributed by atoms with Gasteiger partial charge in [-0.05, 0) is 31.9 Å². The molecule has 5 heteroatoms. The SMILES string of the molecule is CCn1cc(-c2cc(C(=O)NC3CCCCCC3)c3ccccc3n2)cn1. The predicted molar refractivity (Wildman–Crippen MR) is 108 cm³/mol. The first-order chi connectivity index (χ1) is 13.2. The lowest BCUT2D eigenvalue weighted by molar-refractivity contribution is 0.0935. The molecule has 140 valence electrons. The van der Waals surface area contributed by atoms with Gasteiger partial charge in [-0.2, -0.15) is 5.10 Å². The predicted octanol–water partition coefficient (Wildman–Crippen LogP) is 4.57. The molecule has 2 heterocycles. The van der Waals surface area contributed by atoms with Crippen LogP contribution in [0.25, 0.3) is 22.2 Å². The van der Waals surface area contributed by atoms with Crippen LogP contribution >= 0.6 is 0 Å². The molecular weight excluding hydrogens is 336 g/mol. The van der Waals surface area contributed by atoms with Crippen LogP contribution in [0, 0.1) is 0 Å². The van der Waals surface area contributed by atoms with E-state index in [-0.39, 0.29) is 11.9 Å². The normalized spacial score (nSPS) is 15.6. The average Bonchev–Trinajstić information content (AvgIpc) is 3.04. The molecule has 0 spiro atoms. The second-order valence-electron chi connectivity index (χ2n) is 7.32. The number of benzene rings is 1. The molecule has 0 aliphatic heterocycles. The van der Waals surface area contributed by atoms with Gasteiger partial charge < -0.3 is 5.32 Å². The van der Waals surface area contributed by atoms with Crippen molar-refractivity contribution in [2.45, 2.75) is 58.0 Å². The minimum absolute atomic E-state index is 0.00429. The number of pyridine rings is 1. The van der Waals surface area contributed by atoms with E-state index in [2.05, 4.69) is 17.3 Å². The fourth-order valence-electron chi connectivity index (χ4n) is 3.87. The Bertz CT molecular complexity index is 938. The van der Waals surface area contributed by atoms with E-state index in [1.54, 1.807) is 0 Å². The molecule has 0 atom stereocenters. The van der Waals surface area contributed by atoms with Crippen molar-refractivity contribution in [1.82, 2.24) is 20.1 Å². The number of amides is 1. The molecule has 2 aromatic heterocycles. The Kier molecular flexibility index (Phi) is 5.19. The fourth-order valence-corrected chi connectivity index (χ4v) is 3.87. The van der Waals surface area contributed by atoms with Crippen LogP contribution in [0.2, 0.25) is 0 Å². The number of carbonyl (C=O) groups excluding carboxylic acids is 1. The van der Waals surface area contributed by atoms with E-state index < -0.39 is 0 Å². The quantitative estimate of drug-likeness (QED) is 0.692. The number of aromatic nitrogens is 3. The maximum atomic E-state index is 13.1. The van der Waals surface area contributed by atoms with Crippen LogP contribution in [-0.4, -0.2) is 26.7 Å². The lowest BCUT2D eigenvalue weighted by atomic mass is 10.0. The lowest BCUT2D eigenvalue weighted by Gasteiger charge is -2.17. The van der Waals surface area contributed by atoms with E-state index in [1.165, 1.54) is 25.7 Å². The summed E-state index contributed by atoms with van der Waals surface area (Å²) in [5.74, 6) is 0.00429. The molecule has 1 aliphatic rings. The van der Waals surface area contributed by atoms with E-state index in [1.807, 2.05) is 47.4 Å². The van der Waals surface area contributed by atoms with Crippen LogP contribution in [-0.2, 0) is 6.54 Å². The molecule has 27 heavy (non-hydrogen) atoms. The van der Waals surface area contributed by atoms with Gasteiger partial charge in [-0.15, -0.1) is 0 Å². The first kappa shape index (κ1) is 17.7. The molecule has 1 amide bonds. The van der Waals surface area contributed by atoms with Crippen LogP contribution in [0.4, 0.5) is 0 Å². The monoisotopic (exact) mass is 362 g/mol. The van der Waals surface area contributed by atoms with Crippen LogP contribution in [0.1, 0.15) is 55.8 Å². The van der Waals surface area contributed by atoms with Gasteiger partial charge in [0.05, 0.1) is 23.0 Å². The lowest BCUT2D eigenvalue weighted by Crippen LogP contribution is -2.34. The first-order valence-corrected chi connectivity index (χ1v) is 9.98. The van der Waals surface area contributed by atoms with Crippen molar-refractivity contribution in [2.24, 2.45) is 0 Å². The van der Waals surface area contributed by atoms with E-state index >= 15 is 0 Å². The number of nitrogens with one attached hydrogen (secondary N) is 1. The van der Waals surface area contributed by atoms with Gasteiger partial charge in [0.25, 0.3) is 5.91 Å². The molecular formula is C22H26N4O. The molecule has 1 fully saturated rings. The van der Waals surface area contributed by atoms with Gasteiger partial charge >= 0.3 is 0 Å². The Balaban J connectivity index is 1.70. The highest BCUT2D eigenvalue weighted by Crippen LogP contribution is 2.25. The Labute approximate surface area is 159 Å². The summed E-state index contributed by atoms with van der Waals surface area (Å²) in [6.07, 6.45) is 10.9. The fraction of sp³-hybridized carbons (Fsp3) is 0.409. The number of hydrogen-bond acceptors (Lipinski definition) is 3. The van der Waals surface area contributed by atoms with Gasteiger partial charge in [0.15, 0.2) is 0 Å². The zero-order valence-electron chi connectivity index (χ0n) is 15.8. The summed E-state index contributed by atoms with van der Waals surface area (Å²) >= 11 is 0. The van der Waals surface area contributed by atoms with Gasteiger partial charge in [0, 0.05) is 29.7 Å². The number of aryl methyl sites for hydroxylation is 1. The Hall–Kier alpha value is -2.69. The Morgan fingerprint density at radius 2 is 1.96 bits per heavy atom. The second kappa shape index (κ2) is 7.91. The molecule has 0 bridgehead atoms. The molecule has 1 N–H and O–H groups in total. The van der Waals surface area contributed by atoms with Crippen molar-refractivity contribution in [3.63, 3.8) is 0 Å². The number of rotatable bonds is 4. The van der Waals surface area contributed by atoms with Crippen LogP contribution in [0.5, 0.6) is 0 Å². The number of para-hydroxylation sites is 1. The number of nitrogens with zero attached hydrogens (tertiary/aromatic N) is 3. The van der Waals surface area contributed by atoms with Crippen molar-refractivity contribution in [3.05, 3.63) is 48.3 Å². The first-order valence-electron chi connectivity index (χ1n) is 9.98. The molecule has 0 radical (unpaired) electrons. The zero-order chi connectivity index (χ0) is 18.6. The second-order valence-corrected chi connectivity index (χ2v) is 7.32. The largest absolute Gasteiger partial charge is 0.349 e. The van der Waals surface area contributed by atoms with E-state index in [4.69, 9.17) is 4.98 Å². The minimum Gasteiger partial charge on any atom is -0.349 e. The zero-order valence-corrected chi connectivity index (χ0v) is 15.8.